The van der Waals surface area contributed by atoms with Crippen LogP contribution in [0, 0.1) is 5.92 Å². The summed E-state index contributed by atoms with van der Waals surface area (Å²) < 4.78 is 1.71. The van der Waals surface area contributed by atoms with E-state index in [4.69, 9.17) is 4.98 Å². The van der Waals surface area contributed by atoms with Crippen LogP contribution in [0.25, 0.3) is 20.8 Å². The van der Waals surface area contributed by atoms with Crippen LogP contribution in [0.15, 0.2) is 46.8 Å². The van der Waals surface area contributed by atoms with Gasteiger partial charge in [-0.1, -0.05) is 37.3 Å². The molecule has 5 rings (SSSR count). The van der Waals surface area contributed by atoms with Crippen molar-refractivity contribution in [2.75, 3.05) is 0 Å². The highest BCUT2D eigenvalue weighted by Gasteiger charge is 2.23. The monoisotopic (exact) mass is 393 g/mol. The van der Waals surface area contributed by atoms with E-state index in [0.29, 0.717) is 12.5 Å². The molecule has 0 spiro atoms. The molecule has 4 nitrogen and oxygen atoms in total. The summed E-state index contributed by atoms with van der Waals surface area (Å²) in [6, 6.07) is 10.1. The number of fused-ring (bicyclic) bond motifs is 3. The molecular weight excluding hydrogens is 374 g/mol. The van der Waals surface area contributed by atoms with Crippen LogP contribution in [0.3, 0.4) is 0 Å². The molecule has 0 amide bonds. The standard InChI is InChI=1S/C21H19N3OS2/c1-13-7-8-16-17(9-13)27-20-18(16)21(25)24(12-22-20)10-15-11-26-19(23-15)14-5-3-2-4-6-14/h2-6,11-13H,7-10H2,1H3/t13-/m0/s1. The number of benzene rings is 1. The first-order valence-electron chi connectivity index (χ1n) is 9.18. The normalized spacial score (nSPS) is 16.6. The van der Waals surface area contributed by atoms with Gasteiger partial charge in [-0.05, 0) is 30.7 Å². The van der Waals surface area contributed by atoms with Gasteiger partial charge < -0.3 is 0 Å². The fourth-order valence-electron chi connectivity index (χ4n) is 3.75. The fourth-order valence-corrected chi connectivity index (χ4v) is 5.90. The van der Waals surface area contributed by atoms with Crippen LogP contribution in [0.5, 0.6) is 0 Å². The molecule has 1 atom stereocenters. The van der Waals surface area contributed by atoms with Gasteiger partial charge in [0.1, 0.15) is 9.84 Å². The minimum Gasteiger partial charge on any atom is -0.293 e. The maximum atomic E-state index is 13.1. The van der Waals surface area contributed by atoms with Gasteiger partial charge in [0.25, 0.3) is 5.56 Å². The second-order valence-corrected chi connectivity index (χ2v) is 9.16. The van der Waals surface area contributed by atoms with E-state index < -0.39 is 0 Å². The molecular formula is C21H19N3OS2. The van der Waals surface area contributed by atoms with Crippen molar-refractivity contribution in [2.45, 2.75) is 32.7 Å². The smallest absolute Gasteiger partial charge is 0.262 e. The summed E-state index contributed by atoms with van der Waals surface area (Å²) in [5.41, 5.74) is 3.32. The van der Waals surface area contributed by atoms with Crippen molar-refractivity contribution >= 4 is 32.9 Å². The molecule has 0 saturated heterocycles. The number of hydrogen-bond donors (Lipinski definition) is 0. The highest BCUT2D eigenvalue weighted by molar-refractivity contribution is 7.18. The molecule has 1 aliphatic rings. The molecule has 0 saturated carbocycles. The maximum Gasteiger partial charge on any atom is 0.262 e. The predicted molar refractivity (Wildman–Crippen MR) is 112 cm³/mol. The van der Waals surface area contributed by atoms with Crippen LogP contribution < -0.4 is 5.56 Å². The Kier molecular flexibility index (Phi) is 4.17. The van der Waals surface area contributed by atoms with E-state index >= 15 is 0 Å². The summed E-state index contributed by atoms with van der Waals surface area (Å²) in [7, 11) is 0. The lowest BCUT2D eigenvalue weighted by Crippen LogP contribution is -2.22. The Balaban J connectivity index is 1.50. The zero-order valence-electron chi connectivity index (χ0n) is 15.0. The topological polar surface area (TPSA) is 47.8 Å². The molecule has 4 aromatic rings. The van der Waals surface area contributed by atoms with Crippen molar-refractivity contribution in [3.63, 3.8) is 0 Å². The van der Waals surface area contributed by atoms with Gasteiger partial charge in [0, 0.05) is 15.8 Å². The van der Waals surface area contributed by atoms with Gasteiger partial charge in [-0.3, -0.25) is 9.36 Å². The lowest BCUT2D eigenvalue weighted by atomic mass is 9.89. The molecule has 3 heterocycles. The SMILES string of the molecule is C[C@H]1CCc2c(sc3ncn(Cc4csc(-c5ccccc5)n4)c(=O)c23)C1. The van der Waals surface area contributed by atoms with Gasteiger partial charge in [-0.2, -0.15) is 0 Å². The molecule has 3 aromatic heterocycles. The van der Waals surface area contributed by atoms with E-state index in [9.17, 15) is 4.79 Å². The van der Waals surface area contributed by atoms with Gasteiger partial charge in [-0.25, -0.2) is 9.97 Å². The molecule has 0 unspecified atom stereocenters. The van der Waals surface area contributed by atoms with E-state index in [-0.39, 0.29) is 5.56 Å². The van der Waals surface area contributed by atoms with Crippen molar-refractivity contribution in [3.05, 3.63) is 68.5 Å². The van der Waals surface area contributed by atoms with Crippen molar-refractivity contribution < 1.29 is 0 Å². The first kappa shape index (κ1) is 16.8. The minimum absolute atomic E-state index is 0.0707. The van der Waals surface area contributed by atoms with E-state index in [1.165, 1.54) is 10.4 Å². The molecule has 0 radical (unpaired) electrons. The van der Waals surface area contributed by atoms with Gasteiger partial charge >= 0.3 is 0 Å². The molecule has 136 valence electrons. The van der Waals surface area contributed by atoms with E-state index in [2.05, 4.69) is 24.0 Å². The molecule has 0 fully saturated rings. The third-order valence-corrected chi connectivity index (χ3v) is 7.29. The first-order chi connectivity index (χ1) is 13.2. The summed E-state index contributed by atoms with van der Waals surface area (Å²) >= 11 is 3.31. The average Bonchev–Trinajstić information content (AvgIpc) is 3.29. The average molecular weight is 394 g/mol. The second kappa shape index (κ2) is 6.69. The van der Waals surface area contributed by atoms with Gasteiger partial charge in [0.05, 0.1) is 24.0 Å². The van der Waals surface area contributed by atoms with Gasteiger partial charge in [0.2, 0.25) is 0 Å². The Hall–Kier alpha value is -2.31. The lowest BCUT2D eigenvalue weighted by molar-refractivity contribution is 0.509. The fraction of sp³-hybridized carbons (Fsp3) is 0.286. The lowest BCUT2D eigenvalue weighted by Gasteiger charge is -2.17. The number of nitrogens with zero attached hydrogens (tertiary/aromatic N) is 3. The highest BCUT2D eigenvalue weighted by Crippen LogP contribution is 2.35. The molecule has 0 N–H and O–H groups in total. The first-order valence-corrected chi connectivity index (χ1v) is 10.9. The number of rotatable bonds is 3. The second-order valence-electron chi connectivity index (χ2n) is 7.22. The van der Waals surface area contributed by atoms with Crippen molar-refractivity contribution in [1.82, 2.24) is 14.5 Å². The molecule has 0 aliphatic heterocycles. The summed E-state index contributed by atoms with van der Waals surface area (Å²) in [4.78, 5) is 24.7. The molecule has 1 aliphatic carbocycles. The van der Waals surface area contributed by atoms with Crippen LogP contribution in [0.2, 0.25) is 0 Å². The van der Waals surface area contributed by atoms with Gasteiger partial charge in [-0.15, -0.1) is 22.7 Å². The third-order valence-electron chi connectivity index (χ3n) is 5.19. The minimum atomic E-state index is 0.0707. The van der Waals surface area contributed by atoms with Crippen LogP contribution in [-0.2, 0) is 19.4 Å². The maximum absolute atomic E-state index is 13.1. The number of aryl methyl sites for hydroxylation is 1. The summed E-state index contributed by atoms with van der Waals surface area (Å²) in [5.74, 6) is 0.694. The van der Waals surface area contributed by atoms with Crippen LogP contribution >= 0.6 is 22.7 Å². The summed E-state index contributed by atoms with van der Waals surface area (Å²) in [6.45, 7) is 2.75. The Morgan fingerprint density at radius 2 is 2.11 bits per heavy atom. The molecule has 1 aromatic carbocycles. The molecule has 27 heavy (non-hydrogen) atoms. The van der Waals surface area contributed by atoms with Crippen LogP contribution in [0.1, 0.15) is 29.5 Å². The summed E-state index contributed by atoms with van der Waals surface area (Å²) in [5, 5.41) is 3.85. The van der Waals surface area contributed by atoms with Crippen LogP contribution in [-0.4, -0.2) is 14.5 Å². The number of thiophene rings is 1. The Bertz CT molecular complexity index is 1170. The van der Waals surface area contributed by atoms with E-state index in [0.717, 1.165) is 45.7 Å². The van der Waals surface area contributed by atoms with Crippen LogP contribution in [0.4, 0.5) is 0 Å². The molecule has 0 bridgehead atoms. The molecule has 6 heteroatoms. The predicted octanol–water partition coefficient (Wildman–Crippen LogP) is 4.75. The van der Waals surface area contributed by atoms with Crippen molar-refractivity contribution in [1.29, 1.82) is 0 Å². The number of thiazole rings is 1. The largest absolute Gasteiger partial charge is 0.293 e. The summed E-state index contributed by atoms with van der Waals surface area (Å²) in [6.07, 6.45) is 4.89. The number of hydrogen-bond acceptors (Lipinski definition) is 5. The Morgan fingerprint density at radius 3 is 2.96 bits per heavy atom. The van der Waals surface area contributed by atoms with Gasteiger partial charge in [0.15, 0.2) is 0 Å². The quantitative estimate of drug-likeness (QED) is 0.504. The highest BCUT2D eigenvalue weighted by atomic mass is 32.1. The zero-order chi connectivity index (χ0) is 18.4. The Labute approximate surface area is 165 Å². The van der Waals surface area contributed by atoms with E-state index in [1.807, 2.05) is 23.6 Å². The van der Waals surface area contributed by atoms with Crippen molar-refractivity contribution in [2.24, 2.45) is 5.92 Å². The zero-order valence-corrected chi connectivity index (χ0v) is 16.6. The van der Waals surface area contributed by atoms with Crippen molar-refractivity contribution in [3.8, 4) is 10.6 Å². The number of aromatic nitrogens is 3. The van der Waals surface area contributed by atoms with E-state index in [1.54, 1.807) is 33.6 Å². The third kappa shape index (κ3) is 3.03. The Morgan fingerprint density at radius 1 is 1.26 bits per heavy atom.